The normalized spacial score (nSPS) is 11.6. The number of nitrogens with one attached hydrogen (secondary N) is 1. The first kappa shape index (κ1) is 25.6. The van der Waals surface area contributed by atoms with Gasteiger partial charge >= 0.3 is 5.97 Å². The van der Waals surface area contributed by atoms with Crippen molar-refractivity contribution in [3.63, 3.8) is 0 Å². The fourth-order valence-electron chi connectivity index (χ4n) is 3.98. The van der Waals surface area contributed by atoms with Gasteiger partial charge in [0.1, 0.15) is 29.8 Å². The Bertz CT molecular complexity index is 1490. The van der Waals surface area contributed by atoms with Crippen molar-refractivity contribution < 1.29 is 27.9 Å². The van der Waals surface area contributed by atoms with Crippen molar-refractivity contribution in [2.45, 2.75) is 26.3 Å². The Hall–Kier alpha value is -4.52. The van der Waals surface area contributed by atoms with Gasteiger partial charge in [-0.2, -0.15) is 0 Å². The minimum Gasteiger partial charge on any atom is -0.460 e. The number of amides is 1. The van der Waals surface area contributed by atoms with Crippen LogP contribution in [0, 0.1) is 5.82 Å². The zero-order valence-electron chi connectivity index (χ0n) is 20.5. The van der Waals surface area contributed by atoms with Crippen LogP contribution < -0.4 is 5.32 Å². The second-order valence-corrected chi connectivity index (χ2v) is 8.50. The Balaban J connectivity index is 1.69. The second kappa shape index (κ2) is 11.0. The van der Waals surface area contributed by atoms with Gasteiger partial charge in [0.15, 0.2) is 5.78 Å². The lowest BCUT2D eigenvalue weighted by molar-refractivity contribution is -0.144. The number of esters is 1. The molecule has 0 unspecified atom stereocenters. The summed E-state index contributed by atoms with van der Waals surface area (Å²) in [6.45, 7) is 6.88. The minimum atomic E-state index is -0.828. The van der Waals surface area contributed by atoms with Crippen LogP contribution in [0.25, 0.3) is 33.4 Å². The summed E-state index contributed by atoms with van der Waals surface area (Å²) in [6.07, 6.45) is 1.73. The summed E-state index contributed by atoms with van der Waals surface area (Å²) >= 11 is 0. The molecule has 4 aromatic rings. The van der Waals surface area contributed by atoms with E-state index in [1.807, 2.05) is 18.2 Å². The molecule has 0 fully saturated rings. The van der Waals surface area contributed by atoms with Gasteiger partial charge in [-0.3, -0.25) is 9.59 Å². The molecule has 1 atom stereocenters. The fourth-order valence-corrected chi connectivity index (χ4v) is 3.98. The molecule has 1 amide bonds. The lowest BCUT2D eigenvalue weighted by Gasteiger charge is -2.13. The lowest BCUT2D eigenvalue weighted by Crippen LogP contribution is -2.39. The highest BCUT2D eigenvalue weighted by molar-refractivity contribution is 6.12. The van der Waals surface area contributed by atoms with Crippen LogP contribution in [0.4, 0.5) is 4.39 Å². The van der Waals surface area contributed by atoms with Gasteiger partial charge in [0.05, 0.1) is 5.56 Å². The predicted octanol–water partition coefficient (Wildman–Crippen LogP) is 6.35. The first-order chi connectivity index (χ1) is 17.8. The molecule has 1 N–H and O–H groups in total. The molecule has 188 valence electrons. The maximum atomic E-state index is 13.5. The van der Waals surface area contributed by atoms with Crippen LogP contribution in [0.3, 0.4) is 0 Å². The van der Waals surface area contributed by atoms with Crippen molar-refractivity contribution in [1.29, 1.82) is 0 Å². The Morgan fingerprint density at radius 1 is 1.03 bits per heavy atom. The standard InChI is InChI=1S/C30H26FNO5/c1-4-15-36-30(35)18(3)32-29(34)22-8-6-7-20(16-22)21-11-14-26-24(17-21)27(25(33)5-2)28(37-26)19-9-12-23(31)13-10-19/h4,6-14,16-18H,1,5,15H2,2-3H3,(H,32,34)/t18-/m0/s1. The third-order valence-corrected chi connectivity index (χ3v) is 5.90. The van der Waals surface area contributed by atoms with Crippen molar-refractivity contribution in [3.05, 3.63) is 96.3 Å². The first-order valence-electron chi connectivity index (χ1n) is 11.9. The molecular weight excluding hydrogens is 473 g/mol. The number of Topliss-reactive ketones (excluding diaryl/α,β-unsaturated/α-hetero) is 1. The van der Waals surface area contributed by atoms with Gasteiger partial charge in [-0.1, -0.05) is 37.8 Å². The van der Waals surface area contributed by atoms with E-state index >= 15 is 0 Å². The number of hydrogen-bond donors (Lipinski definition) is 1. The van der Waals surface area contributed by atoms with E-state index in [1.54, 1.807) is 50.2 Å². The zero-order valence-corrected chi connectivity index (χ0v) is 20.5. The average Bonchev–Trinajstić information content (AvgIpc) is 3.30. The summed E-state index contributed by atoms with van der Waals surface area (Å²) in [5, 5.41) is 3.27. The number of fused-ring (bicyclic) bond motifs is 1. The number of benzene rings is 3. The van der Waals surface area contributed by atoms with E-state index in [-0.39, 0.29) is 24.6 Å². The maximum absolute atomic E-state index is 13.5. The van der Waals surface area contributed by atoms with Crippen LogP contribution in [0.1, 0.15) is 41.0 Å². The van der Waals surface area contributed by atoms with Gasteiger partial charge in [0.2, 0.25) is 0 Å². The van der Waals surface area contributed by atoms with Gasteiger partial charge in [0, 0.05) is 22.9 Å². The molecule has 0 radical (unpaired) electrons. The first-order valence-corrected chi connectivity index (χ1v) is 11.9. The zero-order chi connectivity index (χ0) is 26.5. The highest BCUT2D eigenvalue weighted by Gasteiger charge is 2.22. The summed E-state index contributed by atoms with van der Waals surface area (Å²) in [5.41, 5.74) is 3.46. The summed E-state index contributed by atoms with van der Waals surface area (Å²) in [5.74, 6) is -1.06. The van der Waals surface area contributed by atoms with E-state index in [0.717, 1.165) is 11.1 Å². The number of halogens is 1. The van der Waals surface area contributed by atoms with Crippen molar-refractivity contribution in [1.82, 2.24) is 5.32 Å². The molecular formula is C30H26FNO5. The van der Waals surface area contributed by atoms with E-state index < -0.39 is 17.9 Å². The van der Waals surface area contributed by atoms with Crippen LogP contribution in [-0.4, -0.2) is 30.3 Å². The van der Waals surface area contributed by atoms with E-state index in [9.17, 15) is 18.8 Å². The summed E-state index contributed by atoms with van der Waals surface area (Å²) in [7, 11) is 0. The van der Waals surface area contributed by atoms with Gasteiger partial charge in [-0.05, 0) is 66.6 Å². The van der Waals surface area contributed by atoms with Crippen LogP contribution >= 0.6 is 0 Å². The van der Waals surface area contributed by atoms with Crippen molar-refractivity contribution in [2.75, 3.05) is 6.61 Å². The van der Waals surface area contributed by atoms with E-state index in [1.165, 1.54) is 18.2 Å². The van der Waals surface area contributed by atoms with E-state index in [0.29, 0.717) is 33.4 Å². The van der Waals surface area contributed by atoms with Crippen molar-refractivity contribution >= 4 is 28.6 Å². The van der Waals surface area contributed by atoms with Crippen molar-refractivity contribution in [2.24, 2.45) is 0 Å². The molecule has 0 bridgehead atoms. The highest BCUT2D eigenvalue weighted by atomic mass is 19.1. The molecule has 0 aliphatic carbocycles. The van der Waals surface area contributed by atoms with E-state index in [4.69, 9.17) is 9.15 Å². The van der Waals surface area contributed by atoms with Crippen LogP contribution in [0.5, 0.6) is 0 Å². The molecule has 0 spiro atoms. The number of rotatable bonds is 9. The number of hydrogen-bond acceptors (Lipinski definition) is 5. The molecule has 7 heteroatoms. The number of furan rings is 1. The van der Waals surface area contributed by atoms with Gasteiger partial charge in [-0.25, -0.2) is 9.18 Å². The number of ether oxygens (including phenoxy) is 1. The Morgan fingerprint density at radius 2 is 1.73 bits per heavy atom. The van der Waals surface area contributed by atoms with Gasteiger partial charge < -0.3 is 14.5 Å². The summed E-state index contributed by atoms with van der Waals surface area (Å²) in [6, 6.07) is 17.4. The molecule has 0 aliphatic heterocycles. The number of carbonyl (C=O) groups excluding carboxylic acids is 3. The largest absolute Gasteiger partial charge is 0.460 e. The predicted molar refractivity (Wildman–Crippen MR) is 140 cm³/mol. The van der Waals surface area contributed by atoms with Gasteiger partial charge in [-0.15, -0.1) is 0 Å². The fraction of sp³-hybridized carbons (Fsp3) is 0.167. The van der Waals surface area contributed by atoms with Crippen LogP contribution in [-0.2, 0) is 9.53 Å². The summed E-state index contributed by atoms with van der Waals surface area (Å²) in [4.78, 5) is 37.7. The molecule has 1 heterocycles. The molecule has 3 aromatic carbocycles. The third-order valence-electron chi connectivity index (χ3n) is 5.90. The average molecular weight is 500 g/mol. The molecule has 0 aliphatic rings. The molecule has 4 rings (SSSR count). The second-order valence-electron chi connectivity index (χ2n) is 8.50. The Morgan fingerprint density at radius 3 is 2.43 bits per heavy atom. The van der Waals surface area contributed by atoms with Crippen LogP contribution in [0.15, 0.2) is 83.8 Å². The number of ketones is 1. The molecule has 37 heavy (non-hydrogen) atoms. The highest BCUT2D eigenvalue weighted by Crippen LogP contribution is 2.37. The minimum absolute atomic E-state index is 0.0659. The molecule has 6 nitrogen and oxygen atoms in total. The maximum Gasteiger partial charge on any atom is 0.328 e. The van der Waals surface area contributed by atoms with Crippen molar-refractivity contribution in [3.8, 4) is 22.5 Å². The SMILES string of the molecule is C=CCOC(=O)[C@H](C)NC(=O)c1cccc(-c2ccc3oc(-c4ccc(F)cc4)c(C(=O)CC)c3c2)c1. The Kier molecular flexibility index (Phi) is 7.63. The number of carbonyl (C=O) groups is 3. The summed E-state index contributed by atoms with van der Waals surface area (Å²) < 4.78 is 24.5. The van der Waals surface area contributed by atoms with Gasteiger partial charge in [0.25, 0.3) is 5.91 Å². The van der Waals surface area contributed by atoms with Crippen LogP contribution in [0.2, 0.25) is 0 Å². The topological polar surface area (TPSA) is 85.6 Å². The lowest BCUT2D eigenvalue weighted by atomic mass is 9.97. The van der Waals surface area contributed by atoms with E-state index in [2.05, 4.69) is 11.9 Å². The monoisotopic (exact) mass is 499 g/mol. The Labute approximate surface area is 213 Å². The quantitative estimate of drug-likeness (QED) is 0.165. The molecule has 0 saturated heterocycles. The smallest absolute Gasteiger partial charge is 0.328 e. The third kappa shape index (κ3) is 5.51. The molecule has 0 saturated carbocycles. The molecule has 1 aromatic heterocycles.